The van der Waals surface area contributed by atoms with Gasteiger partial charge in [-0.25, -0.2) is 0 Å². The minimum atomic E-state index is 0.883. The van der Waals surface area contributed by atoms with Crippen LogP contribution in [0.5, 0.6) is 0 Å². The third kappa shape index (κ3) is 2.06. The van der Waals surface area contributed by atoms with E-state index >= 15 is 0 Å². The zero-order valence-corrected chi connectivity index (χ0v) is 7.09. The molecule has 0 saturated heterocycles. The lowest BCUT2D eigenvalue weighted by Crippen LogP contribution is -1.81. The molecule has 0 aromatic heterocycles. The van der Waals surface area contributed by atoms with Crippen molar-refractivity contribution in [1.82, 2.24) is 0 Å². The van der Waals surface area contributed by atoms with Crippen LogP contribution in [-0.2, 0) is 0 Å². The van der Waals surface area contributed by atoms with Gasteiger partial charge >= 0.3 is 0 Å². The van der Waals surface area contributed by atoms with Gasteiger partial charge in [-0.15, -0.1) is 5.70 Å². The number of benzene rings is 1. The monoisotopic (exact) mass is 169 g/mol. The molecule has 1 aromatic carbocycles. The van der Waals surface area contributed by atoms with E-state index in [1.165, 1.54) is 0 Å². The fourth-order valence-corrected chi connectivity index (χ4v) is 1.11. The Kier molecular flexibility index (Phi) is 2.23. The van der Waals surface area contributed by atoms with Crippen LogP contribution in [0.15, 0.2) is 53.3 Å². The maximum Gasteiger partial charge on any atom is 0.00367 e. The molecule has 1 heterocycles. The molecule has 2 nitrogen and oxygen atoms in total. The number of nitrogens with zero attached hydrogens (tertiary/aromatic N) is 2. The van der Waals surface area contributed by atoms with Crippen LogP contribution in [0.3, 0.4) is 0 Å². The van der Waals surface area contributed by atoms with Gasteiger partial charge in [-0.3, -0.25) is 0 Å². The largest absolute Gasteiger partial charge is 0.576 e. The van der Waals surface area contributed by atoms with Gasteiger partial charge in [-0.1, -0.05) is 42.5 Å². The molecular weight excluding hydrogens is 160 g/mol. The van der Waals surface area contributed by atoms with Gasteiger partial charge in [0.25, 0.3) is 0 Å². The van der Waals surface area contributed by atoms with E-state index < -0.39 is 0 Å². The molecule has 0 saturated carbocycles. The molecule has 1 aromatic rings. The van der Waals surface area contributed by atoms with Crippen molar-refractivity contribution in [3.63, 3.8) is 0 Å². The second-order valence-electron chi connectivity index (χ2n) is 2.70. The summed E-state index contributed by atoms with van der Waals surface area (Å²) in [5.74, 6) is 0. The Morgan fingerprint density at radius 1 is 1.15 bits per heavy atom. The molecule has 1 aliphatic heterocycles. The van der Waals surface area contributed by atoms with Crippen LogP contribution in [0, 0.1) is 0 Å². The smallest absolute Gasteiger partial charge is 0.00367 e. The summed E-state index contributed by atoms with van der Waals surface area (Å²) in [4.78, 5) is 0. The molecule has 2 rings (SSSR count). The molecule has 64 valence electrons. The Balaban J connectivity index is 2.21. The molecule has 0 amide bonds. The topological polar surface area (TPSA) is 26.5 Å². The summed E-state index contributed by atoms with van der Waals surface area (Å²) in [7, 11) is 0. The molecule has 0 unspecified atom stereocenters. The van der Waals surface area contributed by atoms with E-state index in [0.717, 1.165) is 11.3 Å². The highest BCUT2D eigenvalue weighted by Crippen LogP contribution is 2.15. The van der Waals surface area contributed by atoms with E-state index in [2.05, 4.69) is 10.5 Å². The Bertz CT molecular complexity index is 361. The SMILES string of the molecule is C1=C/C(=C\c2ccccc2)[N-]N=C1. The normalized spacial score (nSPS) is 17.4. The van der Waals surface area contributed by atoms with Gasteiger partial charge < -0.3 is 10.5 Å². The molecule has 0 atom stereocenters. The fraction of sp³-hybridized carbons (Fsp3) is 0. The molecule has 0 spiro atoms. The summed E-state index contributed by atoms with van der Waals surface area (Å²) in [6.45, 7) is 0. The minimum absolute atomic E-state index is 0.883. The first kappa shape index (κ1) is 7.80. The zero-order chi connectivity index (χ0) is 8.93. The van der Waals surface area contributed by atoms with Gasteiger partial charge in [0, 0.05) is 6.21 Å². The van der Waals surface area contributed by atoms with Gasteiger partial charge in [0.1, 0.15) is 0 Å². The molecular formula is C11H9N2-. The second-order valence-corrected chi connectivity index (χ2v) is 2.70. The highest BCUT2D eigenvalue weighted by Gasteiger charge is 1.84. The molecule has 2 heteroatoms. The number of allylic oxidation sites excluding steroid dienone is 2. The number of hydrogen-bond acceptors (Lipinski definition) is 1. The Morgan fingerprint density at radius 2 is 2.00 bits per heavy atom. The second kappa shape index (κ2) is 3.72. The first-order valence-corrected chi connectivity index (χ1v) is 4.13. The van der Waals surface area contributed by atoms with E-state index in [1.54, 1.807) is 6.21 Å². The van der Waals surface area contributed by atoms with Crippen molar-refractivity contribution in [1.29, 1.82) is 0 Å². The molecule has 0 radical (unpaired) electrons. The summed E-state index contributed by atoms with van der Waals surface area (Å²) in [6.07, 6.45) is 7.47. The first-order valence-electron chi connectivity index (χ1n) is 4.13. The lowest BCUT2D eigenvalue weighted by Gasteiger charge is -2.19. The molecule has 0 N–H and O–H groups in total. The van der Waals surface area contributed by atoms with Gasteiger partial charge in [-0.2, -0.15) is 0 Å². The summed E-state index contributed by atoms with van der Waals surface area (Å²) in [5, 5.41) is 3.80. The van der Waals surface area contributed by atoms with Crippen molar-refractivity contribution < 1.29 is 0 Å². The standard InChI is InChI=1S/C11H9N2/c1-2-5-10(6-3-1)9-11-7-4-8-12-13-11/h1-9H/q-1/b11-9+. The predicted octanol–water partition coefficient (Wildman–Crippen LogP) is 2.96. The maximum atomic E-state index is 3.97. The van der Waals surface area contributed by atoms with Crippen LogP contribution in [0.1, 0.15) is 5.56 Å². The number of hydrogen-bond donors (Lipinski definition) is 0. The molecule has 0 fully saturated rings. The summed E-state index contributed by atoms with van der Waals surface area (Å²) >= 11 is 0. The number of rotatable bonds is 1. The van der Waals surface area contributed by atoms with Crippen molar-refractivity contribution in [2.24, 2.45) is 5.10 Å². The van der Waals surface area contributed by atoms with Crippen molar-refractivity contribution in [3.05, 3.63) is 59.2 Å². The van der Waals surface area contributed by atoms with Crippen molar-refractivity contribution in [2.75, 3.05) is 0 Å². The first-order chi connectivity index (χ1) is 6.45. The van der Waals surface area contributed by atoms with Crippen LogP contribution in [-0.4, -0.2) is 6.21 Å². The van der Waals surface area contributed by atoms with E-state index in [1.807, 2.05) is 48.6 Å². The molecule has 0 bridgehead atoms. The van der Waals surface area contributed by atoms with Gasteiger partial charge in [0.15, 0.2) is 0 Å². The fourth-order valence-electron chi connectivity index (χ4n) is 1.11. The Morgan fingerprint density at radius 3 is 2.69 bits per heavy atom. The van der Waals surface area contributed by atoms with Crippen LogP contribution in [0.2, 0.25) is 0 Å². The van der Waals surface area contributed by atoms with E-state index in [9.17, 15) is 0 Å². The lowest BCUT2D eigenvalue weighted by molar-refractivity contribution is 1.39. The van der Waals surface area contributed by atoms with E-state index in [0.29, 0.717) is 0 Å². The summed E-state index contributed by atoms with van der Waals surface area (Å²) < 4.78 is 0. The molecule has 13 heavy (non-hydrogen) atoms. The Hall–Kier alpha value is -1.83. The van der Waals surface area contributed by atoms with Gasteiger partial charge in [0.2, 0.25) is 0 Å². The van der Waals surface area contributed by atoms with Crippen LogP contribution in [0.25, 0.3) is 11.5 Å². The lowest BCUT2D eigenvalue weighted by atomic mass is 10.2. The average Bonchev–Trinajstić information content (AvgIpc) is 2.21. The van der Waals surface area contributed by atoms with Gasteiger partial charge in [-0.05, 0) is 11.6 Å². The highest BCUT2D eigenvalue weighted by molar-refractivity contribution is 5.77. The van der Waals surface area contributed by atoms with Crippen molar-refractivity contribution in [3.8, 4) is 0 Å². The Labute approximate surface area is 77.3 Å². The highest BCUT2D eigenvalue weighted by atomic mass is 15.3. The maximum absolute atomic E-state index is 3.97. The predicted molar refractivity (Wildman–Crippen MR) is 55.4 cm³/mol. The molecule has 0 aliphatic carbocycles. The quantitative estimate of drug-likeness (QED) is 0.618. The van der Waals surface area contributed by atoms with Gasteiger partial charge in [0.05, 0.1) is 0 Å². The van der Waals surface area contributed by atoms with Crippen LogP contribution in [0.4, 0.5) is 0 Å². The minimum Gasteiger partial charge on any atom is -0.576 e. The zero-order valence-electron chi connectivity index (χ0n) is 7.09. The third-order valence-electron chi connectivity index (χ3n) is 1.71. The average molecular weight is 169 g/mol. The summed E-state index contributed by atoms with van der Waals surface area (Å²) in [5.41, 5.74) is 5.99. The van der Waals surface area contributed by atoms with Crippen LogP contribution >= 0.6 is 0 Å². The van der Waals surface area contributed by atoms with E-state index in [4.69, 9.17) is 0 Å². The summed E-state index contributed by atoms with van der Waals surface area (Å²) in [6, 6.07) is 10.1. The van der Waals surface area contributed by atoms with Crippen molar-refractivity contribution in [2.45, 2.75) is 0 Å². The third-order valence-corrected chi connectivity index (χ3v) is 1.71. The van der Waals surface area contributed by atoms with Crippen LogP contribution < -0.4 is 0 Å². The molecule has 1 aliphatic rings. The van der Waals surface area contributed by atoms with Crippen molar-refractivity contribution >= 4 is 12.3 Å². The van der Waals surface area contributed by atoms with E-state index in [-0.39, 0.29) is 0 Å².